The van der Waals surface area contributed by atoms with Gasteiger partial charge in [0.1, 0.15) is 0 Å². The van der Waals surface area contributed by atoms with Gasteiger partial charge < -0.3 is 10.1 Å². The number of hydrogen-bond donors (Lipinski definition) is 1. The van der Waals surface area contributed by atoms with Crippen LogP contribution in [-0.4, -0.2) is 19.2 Å². The van der Waals surface area contributed by atoms with E-state index in [1.54, 1.807) is 0 Å². The van der Waals surface area contributed by atoms with E-state index in [1.807, 2.05) is 0 Å². The average molecular weight is 271 g/mol. The molecule has 19 heavy (non-hydrogen) atoms. The number of carbonyl (C=O) groups is 1. The van der Waals surface area contributed by atoms with E-state index in [2.05, 4.69) is 46.9 Å². The van der Waals surface area contributed by atoms with Crippen LogP contribution >= 0.6 is 0 Å². The molecular weight excluding hydrogens is 238 g/mol. The first-order valence-electron chi connectivity index (χ1n) is 7.51. The quantitative estimate of drug-likeness (QED) is 0.678. The fourth-order valence-electron chi connectivity index (χ4n) is 1.79. The third-order valence-corrected chi connectivity index (χ3v) is 2.93. The van der Waals surface area contributed by atoms with Gasteiger partial charge in [0.05, 0.1) is 6.61 Å². The van der Waals surface area contributed by atoms with Gasteiger partial charge in [0.15, 0.2) is 0 Å². The van der Waals surface area contributed by atoms with Crippen LogP contribution in [0.25, 0.3) is 0 Å². The van der Waals surface area contributed by atoms with Crippen molar-refractivity contribution < 1.29 is 9.53 Å². The fourth-order valence-corrected chi connectivity index (χ4v) is 1.79. The Hall–Kier alpha value is -0.730. The Balaban J connectivity index is 3.41. The van der Waals surface area contributed by atoms with Crippen LogP contribution in [-0.2, 0) is 4.74 Å². The molecule has 0 saturated heterocycles. The molecule has 0 spiro atoms. The molecule has 3 nitrogen and oxygen atoms in total. The van der Waals surface area contributed by atoms with Crippen molar-refractivity contribution in [3.8, 4) is 0 Å². The van der Waals surface area contributed by atoms with Gasteiger partial charge in [-0.25, -0.2) is 4.79 Å². The zero-order chi connectivity index (χ0) is 14.9. The van der Waals surface area contributed by atoms with E-state index in [1.165, 1.54) is 6.42 Å². The number of nitrogens with one attached hydrogen (secondary N) is 1. The summed E-state index contributed by atoms with van der Waals surface area (Å²) >= 11 is 0. The van der Waals surface area contributed by atoms with E-state index >= 15 is 0 Å². The zero-order valence-electron chi connectivity index (χ0n) is 13.8. The van der Waals surface area contributed by atoms with Crippen molar-refractivity contribution in [1.29, 1.82) is 0 Å². The SMILES string of the molecule is CC(C)(C)CCCCNC(=O)OCCCC(C)(C)C. The van der Waals surface area contributed by atoms with Gasteiger partial charge in [-0.15, -0.1) is 0 Å². The van der Waals surface area contributed by atoms with Crippen LogP contribution in [0.4, 0.5) is 4.79 Å². The predicted molar refractivity (Wildman–Crippen MR) is 81.3 cm³/mol. The highest BCUT2D eigenvalue weighted by atomic mass is 16.5. The highest BCUT2D eigenvalue weighted by Crippen LogP contribution is 2.21. The largest absolute Gasteiger partial charge is 0.450 e. The van der Waals surface area contributed by atoms with E-state index in [-0.39, 0.29) is 6.09 Å². The van der Waals surface area contributed by atoms with Crippen LogP contribution in [0.1, 0.15) is 73.6 Å². The van der Waals surface area contributed by atoms with E-state index < -0.39 is 0 Å². The predicted octanol–water partition coefficient (Wildman–Crippen LogP) is 4.76. The second kappa shape index (κ2) is 8.44. The third kappa shape index (κ3) is 15.2. The molecule has 0 aromatic carbocycles. The number of amides is 1. The van der Waals surface area contributed by atoms with Gasteiger partial charge in [-0.2, -0.15) is 0 Å². The van der Waals surface area contributed by atoms with Crippen molar-refractivity contribution in [3.05, 3.63) is 0 Å². The van der Waals surface area contributed by atoms with Crippen LogP contribution in [0.3, 0.4) is 0 Å². The minimum absolute atomic E-state index is 0.273. The lowest BCUT2D eigenvalue weighted by atomic mass is 9.90. The topological polar surface area (TPSA) is 38.3 Å². The Kier molecular flexibility index (Phi) is 8.12. The molecule has 0 aliphatic rings. The average Bonchev–Trinajstić information content (AvgIpc) is 2.21. The third-order valence-electron chi connectivity index (χ3n) is 2.93. The monoisotopic (exact) mass is 271 g/mol. The minimum Gasteiger partial charge on any atom is -0.450 e. The summed E-state index contributed by atoms with van der Waals surface area (Å²) in [6, 6.07) is 0. The van der Waals surface area contributed by atoms with Crippen LogP contribution in [0.15, 0.2) is 0 Å². The Morgan fingerprint density at radius 1 is 0.895 bits per heavy atom. The molecule has 1 amide bonds. The first kappa shape index (κ1) is 18.3. The van der Waals surface area contributed by atoms with Crippen molar-refractivity contribution in [2.24, 2.45) is 10.8 Å². The summed E-state index contributed by atoms with van der Waals surface area (Å²) in [6.45, 7) is 14.5. The highest BCUT2D eigenvalue weighted by Gasteiger charge is 2.11. The number of rotatable bonds is 7. The summed E-state index contributed by atoms with van der Waals surface area (Å²) in [4.78, 5) is 11.4. The van der Waals surface area contributed by atoms with Crippen LogP contribution in [0.2, 0.25) is 0 Å². The smallest absolute Gasteiger partial charge is 0.407 e. The summed E-state index contributed by atoms with van der Waals surface area (Å²) in [5.41, 5.74) is 0.695. The Labute approximate surface area is 119 Å². The first-order valence-corrected chi connectivity index (χ1v) is 7.51. The Morgan fingerprint density at radius 2 is 1.42 bits per heavy atom. The number of alkyl carbamates (subject to hydrolysis) is 1. The molecule has 0 aromatic heterocycles. The first-order chi connectivity index (χ1) is 8.60. The Bertz CT molecular complexity index is 248. The van der Waals surface area contributed by atoms with E-state index in [4.69, 9.17) is 4.74 Å². The maximum atomic E-state index is 11.4. The molecule has 0 aromatic rings. The van der Waals surface area contributed by atoms with Crippen molar-refractivity contribution in [3.63, 3.8) is 0 Å². The van der Waals surface area contributed by atoms with Gasteiger partial charge in [0.2, 0.25) is 0 Å². The van der Waals surface area contributed by atoms with Crippen LogP contribution < -0.4 is 5.32 Å². The number of hydrogen-bond acceptors (Lipinski definition) is 2. The fraction of sp³-hybridized carbons (Fsp3) is 0.938. The van der Waals surface area contributed by atoms with E-state index in [0.717, 1.165) is 25.7 Å². The molecule has 0 saturated carbocycles. The number of carbonyl (C=O) groups excluding carboxylic acids is 1. The summed E-state index contributed by atoms with van der Waals surface area (Å²) < 4.78 is 5.13. The van der Waals surface area contributed by atoms with Gasteiger partial charge in [-0.3, -0.25) is 0 Å². The van der Waals surface area contributed by atoms with Gasteiger partial charge in [-0.05, 0) is 36.5 Å². The maximum absolute atomic E-state index is 11.4. The van der Waals surface area contributed by atoms with Crippen molar-refractivity contribution in [1.82, 2.24) is 5.32 Å². The molecule has 3 heteroatoms. The van der Waals surface area contributed by atoms with Gasteiger partial charge in [0, 0.05) is 6.54 Å². The molecule has 0 heterocycles. The minimum atomic E-state index is -0.273. The summed E-state index contributed by atoms with van der Waals surface area (Å²) in [7, 11) is 0. The zero-order valence-corrected chi connectivity index (χ0v) is 13.8. The summed E-state index contributed by atoms with van der Waals surface area (Å²) in [5.74, 6) is 0. The normalized spacial score (nSPS) is 12.3. The maximum Gasteiger partial charge on any atom is 0.407 e. The lowest BCUT2D eigenvalue weighted by Crippen LogP contribution is -2.26. The molecule has 0 rings (SSSR count). The highest BCUT2D eigenvalue weighted by molar-refractivity contribution is 5.66. The molecule has 0 unspecified atom stereocenters. The molecule has 0 aliphatic carbocycles. The number of ether oxygens (including phenoxy) is 1. The van der Waals surface area contributed by atoms with Gasteiger partial charge in [-0.1, -0.05) is 48.0 Å². The van der Waals surface area contributed by atoms with Crippen molar-refractivity contribution >= 4 is 6.09 Å². The van der Waals surface area contributed by atoms with E-state index in [9.17, 15) is 4.79 Å². The van der Waals surface area contributed by atoms with E-state index in [0.29, 0.717) is 24.0 Å². The van der Waals surface area contributed by atoms with Gasteiger partial charge in [0.25, 0.3) is 0 Å². The van der Waals surface area contributed by atoms with Crippen LogP contribution in [0.5, 0.6) is 0 Å². The molecule has 0 atom stereocenters. The molecule has 0 fully saturated rings. The number of unbranched alkanes of at least 4 members (excludes halogenated alkanes) is 1. The second-order valence-electron chi connectivity index (χ2n) is 7.74. The second-order valence-corrected chi connectivity index (χ2v) is 7.74. The lowest BCUT2D eigenvalue weighted by Gasteiger charge is -2.18. The molecule has 0 radical (unpaired) electrons. The summed E-state index contributed by atoms with van der Waals surface area (Å²) in [5, 5.41) is 2.81. The Morgan fingerprint density at radius 3 is 1.95 bits per heavy atom. The lowest BCUT2D eigenvalue weighted by molar-refractivity contribution is 0.139. The molecular formula is C16H33NO2. The van der Waals surface area contributed by atoms with Crippen LogP contribution in [0, 0.1) is 10.8 Å². The molecule has 114 valence electrons. The standard InChI is InChI=1S/C16H33NO2/c1-15(2,3)10-7-8-12-17-14(18)19-13-9-11-16(4,5)6/h7-13H2,1-6H3,(H,17,18). The van der Waals surface area contributed by atoms with Gasteiger partial charge >= 0.3 is 6.09 Å². The summed E-state index contributed by atoms with van der Waals surface area (Å²) in [6.07, 6.45) is 5.09. The van der Waals surface area contributed by atoms with Crippen molar-refractivity contribution in [2.75, 3.05) is 13.2 Å². The molecule has 0 bridgehead atoms. The molecule has 0 aliphatic heterocycles. The molecule has 1 N–H and O–H groups in total. The van der Waals surface area contributed by atoms with Crippen molar-refractivity contribution in [2.45, 2.75) is 73.6 Å².